The summed E-state index contributed by atoms with van der Waals surface area (Å²) in [7, 11) is 0. The van der Waals surface area contributed by atoms with Crippen molar-refractivity contribution in [1.82, 2.24) is 5.32 Å². The zero-order valence-corrected chi connectivity index (χ0v) is 20.7. The number of carbonyl (C=O) groups excluding carboxylic acids is 2. The SMILES string of the molecule is CC.CC(C)(C)OC(=O)NCCC(=O)OCC1=CCCC=C1.Cc1ccc(Br)cc1. The van der Waals surface area contributed by atoms with Crippen molar-refractivity contribution in [2.75, 3.05) is 13.2 Å². The van der Waals surface area contributed by atoms with Gasteiger partial charge in [-0.25, -0.2) is 4.79 Å². The fourth-order valence-electron chi connectivity index (χ4n) is 2.12. The van der Waals surface area contributed by atoms with Crippen molar-refractivity contribution in [3.05, 3.63) is 58.1 Å². The van der Waals surface area contributed by atoms with Gasteiger partial charge in [-0.05, 0) is 58.2 Å². The summed E-state index contributed by atoms with van der Waals surface area (Å²) in [5.41, 5.74) is 1.78. The summed E-state index contributed by atoms with van der Waals surface area (Å²) in [4.78, 5) is 22.8. The first kappa shape index (κ1) is 27.9. The van der Waals surface area contributed by atoms with Crippen LogP contribution in [0.1, 0.15) is 59.4 Å². The van der Waals surface area contributed by atoms with Crippen LogP contribution in [-0.4, -0.2) is 30.8 Å². The van der Waals surface area contributed by atoms with Crippen LogP contribution in [0, 0.1) is 6.92 Å². The van der Waals surface area contributed by atoms with Gasteiger partial charge >= 0.3 is 12.1 Å². The third-order valence-corrected chi connectivity index (χ3v) is 4.01. The van der Waals surface area contributed by atoms with Gasteiger partial charge in [0.25, 0.3) is 0 Å². The average molecular weight is 482 g/mol. The normalized spacial score (nSPS) is 12.3. The largest absolute Gasteiger partial charge is 0.461 e. The first-order valence-corrected chi connectivity index (χ1v) is 11.2. The Labute approximate surface area is 190 Å². The third-order valence-electron chi connectivity index (χ3n) is 3.48. The monoisotopic (exact) mass is 481 g/mol. The van der Waals surface area contributed by atoms with Gasteiger partial charge in [0.05, 0.1) is 6.42 Å². The maximum atomic E-state index is 11.5. The number of benzene rings is 1. The van der Waals surface area contributed by atoms with Crippen LogP contribution in [0.3, 0.4) is 0 Å². The number of ether oxygens (including phenoxy) is 2. The number of allylic oxidation sites excluding steroid dienone is 2. The minimum atomic E-state index is -0.537. The van der Waals surface area contributed by atoms with Gasteiger partial charge in [0, 0.05) is 11.0 Å². The van der Waals surface area contributed by atoms with Gasteiger partial charge in [-0.2, -0.15) is 0 Å². The molecule has 1 aromatic carbocycles. The van der Waals surface area contributed by atoms with Gasteiger partial charge in [-0.1, -0.05) is 65.7 Å². The summed E-state index contributed by atoms with van der Waals surface area (Å²) in [6, 6.07) is 8.22. The summed E-state index contributed by atoms with van der Waals surface area (Å²) < 4.78 is 11.3. The van der Waals surface area contributed by atoms with Gasteiger partial charge < -0.3 is 14.8 Å². The number of amides is 1. The van der Waals surface area contributed by atoms with Crippen molar-refractivity contribution in [3.63, 3.8) is 0 Å². The predicted octanol–water partition coefficient (Wildman–Crippen LogP) is 6.50. The second-order valence-electron chi connectivity index (χ2n) is 7.39. The number of hydrogen-bond acceptors (Lipinski definition) is 4. The van der Waals surface area contributed by atoms with E-state index in [4.69, 9.17) is 9.47 Å². The molecule has 1 aliphatic rings. The standard InChI is InChI=1S/C15H23NO4.C7H7Br.C2H6/c1-15(2,3)20-14(18)16-10-9-13(17)19-11-12-7-5-4-6-8-12;1-6-2-4-7(8)5-3-6;1-2/h5,7-8H,4,6,9-11H2,1-3H3,(H,16,18);2-5H,1H3;1-2H3. The maximum Gasteiger partial charge on any atom is 0.407 e. The van der Waals surface area contributed by atoms with Gasteiger partial charge in [0.1, 0.15) is 12.2 Å². The molecule has 5 nitrogen and oxygen atoms in total. The minimum absolute atomic E-state index is 0.135. The van der Waals surface area contributed by atoms with Crippen molar-refractivity contribution in [1.29, 1.82) is 0 Å². The number of aryl methyl sites for hydroxylation is 1. The van der Waals surface area contributed by atoms with Crippen LogP contribution in [0.4, 0.5) is 4.79 Å². The number of esters is 1. The Hall–Kier alpha value is -2.08. The Morgan fingerprint density at radius 2 is 1.73 bits per heavy atom. The van der Waals surface area contributed by atoms with E-state index in [2.05, 4.69) is 52.5 Å². The quantitative estimate of drug-likeness (QED) is 0.487. The molecule has 0 saturated heterocycles. The lowest BCUT2D eigenvalue weighted by Gasteiger charge is -2.19. The van der Waals surface area contributed by atoms with E-state index in [1.165, 1.54) is 5.56 Å². The second-order valence-corrected chi connectivity index (χ2v) is 8.31. The molecule has 1 aliphatic carbocycles. The molecule has 6 heteroatoms. The van der Waals surface area contributed by atoms with E-state index in [1.54, 1.807) is 20.8 Å². The number of nitrogens with one attached hydrogen (secondary N) is 1. The Bertz CT molecular complexity index is 667. The second kappa shape index (κ2) is 15.7. The number of hydrogen-bond donors (Lipinski definition) is 1. The van der Waals surface area contributed by atoms with Crippen LogP contribution in [-0.2, 0) is 14.3 Å². The molecule has 30 heavy (non-hydrogen) atoms. The molecule has 168 valence electrons. The number of alkyl carbamates (subject to hydrolysis) is 1. The number of rotatable bonds is 5. The van der Waals surface area contributed by atoms with Crippen LogP contribution in [0.25, 0.3) is 0 Å². The van der Waals surface area contributed by atoms with Crippen molar-refractivity contribution in [2.45, 2.75) is 66.4 Å². The maximum absolute atomic E-state index is 11.5. The van der Waals surface area contributed by atoms with Crippen LogP contribution >= 0.6 is 15.9 Å². The van der Waals surface area contributed by atoms with Crippen molar-refractivity contribution >= 4 is 28.0 Å². The van der Waals surface area contributed by atoms with Crippen molar-refractivity contribution in [3.8, 4) is 0 Å². The highest BCUT2D eigenvalue weighted by atomic mass is 79.9. The fourth-order valence-corrected chi connectivity index (χ4v) is 2.39. The highest BCUT2D eigenvalue weighted by Crippen LogP contribution is 2.10. The molecule has 0 heterocycles. The smallest absolute Gasteiger partial charge is 0.407 e. The molecule has 0 radical (unpaired) electrons. The van der Waals surface area contributed by atoms with E-state index in [0.29, 0.717) is 6.61 Å². The topological polar surface area (TPSA) is 64.6 Å². The Morgan fingerprint density at radius 1 is 1.10 bits per heavy atom. The predicted molar refractivity (Wildman–Crippen MR) is 126 cm³/mol. The first-order valence-electron chi connectivity index (χ1n) is 10.4. The van der Waals surface area contributed by atoms with E-state index >= 15 is 0 Å². The van der Waals surface area contributed by atoms with Crippen LogP contribution in [0.5, 0.6) is 0 Å². The Morgan fingerprint density at radius 3 is 2.23 bits per heavy atom. The highest BCUT2D eigenvalue weighted by molar-refractivity contribution is 9.10. The lowest BCUT2D eigenvalue weighted by atomic mass is 10.1. The van der Waals surface area contributed by atoms with Crippen molar-refractivity contribution in [2.24, 2.45) is 0 Å². The van der Waals surface area contributed by atoms with Crippen LogP contribution < -0.4 is 5.32 Å². The fraction of sp³-hybridized carbons (Fsp3) is 0.500. The summed E-state index contributed by atoms with van der Waals surface area (Å²) in [5, 5.41) is 2.52. The molecule has 2 rings (SSSR count). The molecule has 0 aliphatic heterocycles. The molecular weight excluding hydrogens is 446 g/mol. The molecule has 0 aromatic heterocycles. The minimum Gasteiger partial charge on any atom is -0.461 e. The summed E-state index contributed by atoms with van der Waals surface area (Å²) >= 11 is 3.35. The summed E-state index contributed by atoms with van der Waals surface area (Å²) in [6.07, 6.45) is 7.73. The molecule has 0 spiro atoms. The molecule has 1 N–H and O–H groups in total. The molecular formula is C24H36BrNO4. The molecule has 0 unspecified atom stereocenters. The first-order chi connectivity index (χ1) is 14.2. The third kappa shape index (κ3) is 15.8. The summed E-state index contributed by atoms with van der Waals surface area (Å²) in [6.45, 7) is 11.9. The van der Waals surface area contributed by atoms with E-state index in [-0.39, 0.29) is 18.9 Å². The van der Waals surface area contributed by atoms with Gasteiger partial charge in [-0.3, -0.25) is 4.79 Å². The average Bonchev–Trinajstić information content (AvgIpc) is 2.70. The lowest BCUT2D eigenvalue weighted by Crippen LogP contribution is -2.33. The molecule has 0 bridgehead atoms. The molecule has 1 aromatic rings. The zero-order chi connectivity index (χ0) is 23.0. The number of carbonyl (C=O) groups is 2. The van der Waals surface area contributed by atoms with E-state index in [1.807, 2.05) is 32.1 Å². The van der Waals surface area contributed by atoms with Gasteiger partial charge in [0.15, 0.2) is 0 Å². The zero-order valence-electron chi connectivity index (χ0n) is 19.1. The molecule has 0 atom stereocenters. The van der Waals surface area contributed by atoms with Crippen LogP contribution in [0.15, 0.2) is 52.5 Å². The lowest BCUT2D eigenvalue weighted by molar-refractivity contribution is -0.142. The number of halogens is 1. The van der Waals surface area contributed by atoms with E-state index in [9.17, 15) is 9.59 Å². The van der Waals surface area contributed by atoms with Crippen molar-refractivity contribution < 1.29 is 19.1 Å². The Kier molecular flexibility index (Phi) is 14.6. The van der Waals surface area contributed by atoms with Gasteiger partial charge in [-0.15, -0.1) is 0 Å². The van der Waals surface area contributed by atoms with Crippen LogP contribution in [0.2, 0.25) is 0 Å². The van der Waals surface area contributed by atoms with E-state index < -0.39 is 11.7 Å². The highest BCUT2D eigenvalue weighted by Gasteiger charge is 2.16. The van der Waals surface area contributed by atoms with E-state index in [0.717, 1.165) is 22.9 Å². The molecule has 0 saturated carbocycles. The van der Waals surface area contributed by atoms with Gasteiger partial charge in [0.2, 0.25) is 0 Å². The molecule has 0 fully saturated rings. The molecule has 1 amide bonds. The Balaban J connectivity index is 0.000000696. The summed E-state index contributed by atoms with van der Waals surface area (Å²) in [5.74, 6) is -0.332.